The molecule has 1 fully saturated rings. The molecule has 0 amide bonds. The molecule has 0 aromatic heterocycles. The second-order valence-electron chi connectivity index (χ2n) is 4.99. The van der Waals surface area contributed by atoms with Crippen LogP contribution in [0.1, 0.15) is 40.0 Å². The molecule has 0 bridgehead atoms. The molecule has 1 aliphatic heterocycles. The van der Waals surface area contributed by atoms with Crippen LogP contribution in [0.4, 0.5) is 0 Å². The van der Waals surface area contributed by atoms with Gasteiger partial charge in [-0.1, -0.05) is 11.6 Å². The second-order valence-corrected chi connectivity index (χ2v) is 4.99. The molecule has 17 heavy (non-hydrogen) atoms. The lowest BCUT2D eigenvalue weighted by Crippen LogP contribution is -2.42. The SMILES string of the molecule is CC#CCCNC1CCN(CC=C(C)C)CC1. The first-order valence-corrected chi connectivity index (χ1v) is 6.71. The van der Waals surface area contributed by atoms with Gasteiger partial charge in [-0.2, -0.15) is 0 Å². The van der Waals surface area contributed by atoms with Gasteiger partial charge in [0.05, 0.1) is 0 Å². The van der Waals surface area contributed by atoms with E-state index in [2.05, 4.69) is 42.0 Å². The molecule has 0 spiro atoms. The standard InChI is InChI=1S/C15H26N2/c1-4-5-6-10-16-15-8-12-17(13-9-15)11-7-14(2)3/h7,15-16H,6,8-13H2,1-3H3. The van der Waals surface area contributed by atoms with Gasteiger partial charge in [-0.05, 0) is 46.7 Å². The zero-order chi connectivity index (χ0) is 12.5. The van der Waals surface area contributed by atoms with Gasteiger partial charge in [-0.25, -0.2) is 0 Å². The van der Waals surface area contributed by atoms with E-state index in [1.165, 1.54) is 31.5 Å². The van der Waals surface area contributed by atoms with E-state index in [1.807, 2.05) is 6.92 Å². The van der Waals surface area contributed by atoms with Crippen molar-refractivity contribution in [2.75, 3.05) is 26.2 Å². The fraction of sp³-hybridized carbons (Fsp3) is 0.733. The van der Waals surface area contributed by atoms with E-state index in [0.717, 1.165) is 19.5 Å². The van der Waals surface area contributed by atoms with Crippen LogP contribution in [-0.2, 0) is 0 Å². The Morgan fingerprint density at radius 2 is 2.06 bits per heavy atom. The molecule has 2 nitrogen and oxygen atoms in total. The van der Waals surface area contributed by atoms with Crippen LogP contribution < -0.4 is 5.32 Å². The van der Waals surface area contributed by atoms with E-state index in [4.69, 9.17) is 0 Å². The summed E-state index contributed by atoms with van der Waals surface area (Å²) in [6.45, 7) is 10.9. The quantitative estimate of drug-likeness (QED) is 0.446. The number of nitrogens with one attached hydrogen (secondary N) is 1. The predicted molar refractivity (Wildman–Crippen MR) is 75.0 cm³/mol. The number of hydrogen-bond acceptors (Lipinski definition) is 2. The minimum absolute atomic E-state index is 0.705. The van der Waals surface area contributed by atoms with Gasteiger partial charge in [0, 0.05) is 25.6 Å². The lowest BCUT2D eigenvalue weighted by molar-refractivity contribution is 0.216. The Labute approximate surface area is 106 Å². The Kier molecular flexibility index (Phi) is 7.00. The van der Waals surface area contributed by atoms with E-state index in [1.54, 1.807) is 0 Å². The molecule has 96 valence electrons. The van der Waals surface area contributed by atoms with Crippen molar-refractivity contribution in [2.45, 2.75) is 46.1 Å². The van der Waals surface area contributed by atoms with Crippen molar-refractivity contribution in [3.8, 4) is 11.8 Å². The summed E-state index contributed by atoms with van der Waals surface area (Å²) in [4.78, 5) is 2.54. The van der Waals surface area contributed by atoms with E-state index in [9.17, 15) is 0 Å². The number of piperidine rings is 1. The molecule has 1 heterocycles. The highest BCUT2D eigenvalue weighted by Gasteiger charge is 2.17. The Bertz CT molecular complexity index is 284. The van der Waals surface area contributed by atoms with Gasteiger partial charge in [-0.3, -0.25) is 4.90 Å². The maximum Gasteiger partial charge on any atom is 0.0214 e. The van der Waals surface area contributed by atoms with Gasteiger partial charge in [0.15, 0.2) is 0 Å². The van der Waals surface area contributed by atoms with Crippen molar-refractivity contribution in [3.63, 3.8) is 0 Å². The van der Waals surface area contributed by atoms with Crippen molar-refractivity contribution < 1.29 is 0 Å². The Balaban J connectivity index is 2.12. The molecule has 0 aliphatic carbocycles. The van der Waals surface area contributed by atoms with Gasteiger partial charge < -0.3 is 5.32 Å². The Morgan fingerprint density at radius 3 is 2.65 bits per heavy atom. The van der Waals surface area contributed by atoms with Crippen LogP contribution in [-0.4, -0.2) is 37.1 Å². The van der Waals surface area contributed by atoms with Crippen molar-refractivity contribution in [3.05, 3.63) is 11.6 Å². The van der Waals surface area contributed by atoms with Gasteiger partial charge >= 0.3 is 0 Å². The highest BCUT2D eigenvalue weighted by Crippen LogP contribution is 2.10. The van der Waals surface area contributed by atoms with Crippen molar-refractivity contribution >= 4 is 0 Å². The molecule has 0 aromatic carbocycles. The summed E-state index contributed by atoms with van der Waals surface area (Å²) in [7, 11) is 0. The zero-order valence-corrected chi connectivity index (χ0v) is 11.6. The molecule has 2 heteroatoms. The monoisotopic (exact) mass is 234 g/mol. The van der Waals surface area contributed by atoms with E-state index >= 15 is 0 Å². The first-order valence-electron chi connectivity index (χ1n) is 6.71. The van der Waals surface area contributed by atoms with Gasteiger partial charge in [-0.15, -0.1) is 11.8 Å². The number of likely N-dealkylation sites (tertiary alicyclic amines) is 1. The summed E-state index contributed by atoms with van der Waals surface area (Å²) < 4.78 is 0. The number of allylic oxidation sites excluding steroid dienone is 1. The molecule has 0 unspecified atom stereocenters. The van der Waals surface area contributed by atoms with Crippen molar-refractivity contribution in [2.24, 2.45) is 0 Å². The molecule has 0 radical (unpaired) electrons. The van der Waals surface area contributed by atoms with Crippen LogP contribution >= 0.6 is 0 Å². The number of hydrogen-bond donors (Lipinski definition) is 1. The summed E-state index contributed by atoms with van der Waals surface area (Å²) in [5.41, 5.74) is 1.42. The Morgan fingerprint density at radius 1 is 1.35 bits per heavy atom. The smallest absolute Gasteiger partial charge is 0.0214 e. The summed E-state index contributed by atoms with van der Waals surface area (Å²) in [5, 5.41) is 3.60. The molecule has 1 saturated heterocycles. The summed E-state index contributed by atoms with van der Waals surface area (Å²) >= 11 is 0. The summed E-state index contributed by atoms with van der Waals surface area (Å²) in [5.74, 6) is 6.03. The number of rotatable bonds is 5. The molecular formula is C15H26N2. The molecule has 0 aromatic rings. The van der Waals surface area contributed by atoms with Crippen LogP contribution in [0.25, 0.3) is 0 Å². The van der Waals surface area contributed by atoms with Crippen LogP contribution in [0.5, 0.6) is 0 Å². The fourth-order valence-corrected chi connectivity index (χ4v) is 2.10. The normalized spacial score (nSPS) is 17.4. The third-order valence-electron chi connectivity index (χ3n) is 3.21. The lowest BCUT2D eigenvalue weighted by Gasteiger charge is -2.31. The predicted octanol–water partition coefficient (Wildman–Crippen LogP) is 2.42. The first kappa shape index (κ1) is 14.3. The molecule has 1 rings (SSSR count). The molecule has 0 atom stereocenters. The average molecular weight is 234 g/mol. The molecule has 0 saturated carbocycles. The fourth-order valence-electron chi connectivity index (χ4n) is 2.10. The van der Waals surface area contributed by atoms with Crippen LogP contribution in [0.3, 0.4) is 0 Å². The molecule has 1 aliphatic rings. The maximum atomic E-state index is 3.60. The van der Waals surface area contributed by atoms with Crippen molar-refractivity contribution in [1.29, 1.82) is 0 Å². The van der Waals surface area contributed by atoms with Crippen LogP contribution in [0.2, 0.25) is 0 Å². The third-order valence-corrected chi connectivity index (χ3v) is 3.21. The first-order chi connectivity index (χ1) is 8.22. The second kappa shape index (κ2) is 8.33. The molecule has 1 N–H and O–H groups in total. The highest BCUT2D eigenvalue weighted by atomic mass is 15.1. The van der Waals surface area contributed by atoms with Gasteiger partial charge in [0.2, 0.25) is 0 Å². The summed E-state index contributed by atoms with van der Waals surface area (Å²) in [6, 6.07) is 0.705. The van der Waals surface area contributed by atoms with E-state index < -0.39 is 0 Å². The number of nitrogens with zero attached hydrogens (tertiary/aromatic N) is 1. The average Bonchev–Trinajstić information content (AvgIpc) is 2.33. The van der Waals surface area contributed by atoms with Gasteiger partial charge in [0.1, 0.15) is 0 Å². The lowest BCUT2D eigenvalue weighted by atomic mass is 10.0. The van der Waals surface area contributed by atoms with Crippen molar-refractivity contribution in [1.82, 2.24) is 10.2 Å². The van der Waals surface area contributed by atoms with Gasteiger partial charge in [0.25, 0.3) is 0 Å². The minimum atomic E-state index is 0.705. The largest absolute Gasteiger partial charge is 0.313 e. The Hall–Kier alpha value is -0.780. The van der Waals surface area contributed by atoms with E-state index in [-0.39, 0.29) is 0 Å². The molecular weight excluding hydrogens is 208 g/mol. The zero-order valence-electron chi connectivity index (χ0n) is 11.6. The summed E-state index contributed by atoms with van der Waals surface area (Å²) in [6.07, 6.45) is 5.85. The van der Waals surface area contributed by atoms with Crippen LogP contribution in [0, 0.1) is 11.8 Å². The van der Waals surface area contributed by atoms with Crippen LogP contribution in [0.15, 0.2) is 11.6 Å². The third kappa shape index (κ3) is 6.51. The minimum Gasteiger partial charge on any atom is -0.313 e. The van der Waals surface area contributed by atoms with E-state index in [0.29, 0.717) is 6.04 Å². The highest BCUT2D eigenvalue weighted by molar-refractivity contribution is 4.96. The topological polar surface area (TPSA) is 15.3 Å². The maximum absolute atomic E-state index is 3.60.